The van der Waals surface area contributed by atoms with Gasteiger partial charge in [0, 0.05) is 25.8 Å². The maximum absolute atomic E-state index is 12.3. The number of hydrogen-bond acceptors (Lipinski definition) is 2. The largest absolute Gasteiger partial charge is 0.334 e. The molecule has 0 atom stereocenters. The van der Waals surface area contributed by atoms with E-state index in [9.17, 15) is 4.79 Å². The van der Waals surface area contributed by atoms with Crippen molar-refractivity contribution in [3.8, 4) is 0 Å². The summed E-state index contributed by atoms with van der Waals surface area (Å²) in [4.78, 5) is 18.2. The first-order chi connectivity index (χ1) is 12.2. The van der Waals surface area contributed by atoms with Crippen LogP contribution in [0.1, 0.15) is 16.7 Å². The van der Waals surface area contributed by atoms with Gasteiger partial charge in [-0.2, -0.15) is 0 Å². The van der Waals surface area contributed by atoms with Crippen LogP contribution in [-0.2, 0) is 13.0 Å². The molecule has 0 aliphatic carbocycles. The Bertz CT molecular complexity index is 878. The van der Waals surface area contributed by atoms with E-state index in [-0.39, 0.29) is 6.03 Å². The number of hydrogen-bond donors (Lipinski definition) is 1. The topological polar surface area (TPSA) is 49.6 Å². The number of imidazole rings is 1. The number of benzene rings is 1. The molecule has 128 valence electrons. The van der Waals surface area contributed by atoms with Crippen molar-refractivity contribution >= 4 is 11.5 Å². The number of nitrogens with one attached hydrogen (secondary N) is 1. The molecule has 0 spiro atoms. The SMILES string of the molecule is Cc1ccc(CC2CN(C(=O)NCc3ccc4cncn4c3)C2)cc1. The van der Waals surface area contributed by atoms with Crippen LogP contribution in [0.25, 0.3) is 5.52 Å². The standard InChI is InChI=1S/C20H22N4O/c1-15-2-4-16(5-3-15)8-18-12-23(13-18)20(25)22-9-17-6-7-19-10-21-14-24(19)11-17/h2-7,10-11,14,18H,8-9,12-13H2,1H3,(H,22,25). The van der Waals surface area contributed by atoms with Crippen molar-refractivity contribution in [3.05, 3.63) is 71.8 Å². The van der Waals surface area contributed by atoms with Gasteiger partial charge < -0.3 is 14.6 Å². The van der Waals surface area contributed by atoms with Crippen molar-refractivity contribution in [2.75, 3.05) is 13.1 Å². The van der Waals surface area contributed by atoms with Gasteiger partial charge in [0.1, 0.15) is 0 Å². The Morgan fingerprint density at radius 1 is 1.16 bits per heavy atom. The van der Waals surface area contributed by atoms with Gasteiger partial charge in [-0.1, -0.05) is 35.9 Å². The number of carbonyl (C=O) groups is 1. The van der Waals surface area contributed by atoms with Gasteiger partial charge in [0.05, 0.1) is 18.0 Å². The molecule has 0 radical (unpaired) electrons. The first kappa shape index (κ1) is 15.7. The summed E-state index contributed by atoms with van der Waals surface area (Å²) in [6.07, 6.45) is 6.63. The molecule has 3 heterocycles. The van der Waals surface area contributed by atoms with Gasteiger partial charge >= 0.3 is 6.03 Å². The number of fused-ring (bicyclic) bond motifs is 1. The Hall–Kier alpha value is -2.82. The van der Waals surface area contributed by atoms with Gasteiger partial charge in [-0.15, -0.1) is 0 Å². The van der Waals surface area contributed by atoms with Crippen LogP contribution in [0.15, 0.2) is 55.1 Å². The van der Waals surface area contributed by atoms with Crippen LogP contribution in [0.2, 0.25) is 0 Å². The summed E-state index contributed by atoms with van der Waals surface area (Å²) in [6, 6.07) is 12.7. The number of aromatic nitrogens is 2. The van der Waals surface area contributed by atoms with Crippen molar-refractivity contribution in [2.45, 2.75) is 19.9 Å². The molecule has 0 unspecified atom stereocenters. The lowest BCUT2D eigenvalue weighted by molar-refractivity contribution is 0.120. The fourth-order valence-electron chi connectivity index (χ4n) is 3.28. The lowest BCUT2D eigenvalue weighted by Crippen LogP contribution is -2.54. The Balaban J connectivity index is 1.25. The van der Waals surface area contributed by atoms with Gasteiger partial charge in [0.15, 0.2) is 0 Å². The van der Waals surface area contributed by atoms with Crippen molar-refractivity contribution in [2.24, 2.45) is 5.92 Å². The predicted molar refractivity (Wildman–Crippen MR) is 97.4 cm³/mol. The van der Waals surface area contributed by atoms with E-state index in [0.29, 0.717) is 12.5 Å². The van der Waals surface area contributed by atoms with Gasteiger partial charge in [0.2, 0.25) is 0 Å². The number of pyridine rings is 1. The Labute approximate surface area is 147 Å². The number of likely N-dealkylation sites (tertiary alicyclic amines) is 1. The lowest BCUT2D eigenvalue weighted by atomic mass is 9.92. The number of nitrogens with zero attached hydrogens (tertiary/aromatic N) is 3. The normalized spacial score (nSPS) is 14.5. The summed E-state index contributed by atoms with van der Waals surface area (Å²) in [5, 5.41) is 3.00. The molecule has 2 amide bonds. The maximum Gasteiger partial charge on any atom is 0.317 e. The smallest absolute Gasteiger partial charge is 0.317 e. The highest BCUT2D eigenvalue weighted by Crippen LogP contribution is 2.20. The van der Waals surface area contributed by atoms with Crippen LogP contribution >= 0.6 is 0 Å². The molecule has 0 saturated carbocycles. The fraction of sp³-hybridized carbons (Fsp3) is 0.300. The summed E-state index contributed by atoms with van der Waals surface area (Å²) in [6.45, 7) is 4.30. The van der Waals surface area contributed by atoms with Crippen molar-refractivity contribution < 1.29 is 4.79 Å². The monoisotopic (exact) mass is 334 g/mol. The van der Waals surface area contributed by atoms with E-state index in [2.05, 4.69) is 41.5 Å². The summed E-state index contributed by atoms with van der Waals surface area (Å²) < 4.78 is 1.96. The summed E-state index contributed by atoms with van der Waals surface area (Å²) in [7, 11) is 0. The number of rotatable bonds is 4. The molecule has 5 nitrogen and oxygen atoms in total. The minimum Gasteiger partial charge on any atom is -0.334 e. The second-order valence-corrected chi connectivity index (χ2v) is 6.88. The van der Waals surface area contributed by atoms with E-state index < -0.39 is 0 Å². The van der Waals surface area contributed by atoms with Gasteiger partial charge in [-0.3, -0.25) is 0 Å². The average Bonchev–Trinajstić information content (AvgIpc) is 3.05. The number of amides is 2. The summed E-state index contributed by atoms with van der Waals surface area (Å²) in [5.74, 6) is 0.566. The minimum absolute atomic E-state index is 0.0193. The molecule has 3 aromatic rings. The number of urea groups is 1. The molecular formula is C20H22N4O. The summed E-state index contributed by atoms with van der Waals surface area (Å²) in [5.41, 5.74) is 4.75. The van der Waals surface area contributed by atoms with Crippen molar-refractivity contribution in [3.63, 3.8) is 0 Å². The molecule has 2 aromatic heterocycles. The molecule has 5 heteroatoms. The average molecular weight is 334 g/mol. The third-order valence-corrected chi connectivity index (χ3v) is 4.80. The second-order valence-electron chi connectivity index (χ2n) is 6.88. The molecule has 1 aromatic carbocycles. The highest BCUT2D eigenvalue weighted by Gasteiger charge is 2.30. The fourth-order valence-corrected chi connectivity index (χ4v) is 3.28. The van der Waals surface area contributed by atoms with E-state index in [4.69, 9.17) is 0 Å². The third kappa shape index (κ3) is 3.50. The van der Waals surface area contributed by atoms with E-state index in [1.165, 1.54) is 11.1 Å². The van der Waals surface area contributed by atoms with Gasteiger partial charge in [-0.25, -0.2) is 9.78 Å². The zero-order valence-electron chi connectivity index (χ0n) is 14.4. The highest BCUT2D eigenvalue weighted by molar-refractivity contribution is 5.75. The zero-order valence-corrected chi connectivity index (χ0v) is 14.4. The number of aryl methyl sites for hydroxylation is 1. The lowest BCUT2D eigenvalue weighted by Gasteiger charge is -2.39. The molecular weight excluding hydrogens is 312 g/mol. The van der Waals surface area contributed by atoms with Crippen molar-refractivity contribution in [1.82, 2.24) is 19.6 Å². The molecule has 1 aliphatic rings. The Morgan fingerprint density at radius 2 is 1.92 bits per heavy atom. The third-order valence-electron chi connectivity index (χ3n) is 4.80. The predicted octanol–water partition coefficient (Wildman–Crippen LogP) is 3.03. The first-order valence-electron chi connectivity index (χ1n) is 8.66. The van der Waals surface area contributed by atoms with Crippen LogP contribution in [0, 0.1) is 12.8 Å². The highest BCUT2D eigenvalue weighted by atomic mass is 16.2. The van der Waals surface area contributed by atoms with E-state index in [1.54, 1.807) is 6.33 Å². The molecule has 4 rings (SSSR count). The van der Waals surface area contributed by atoms with Gasteiger partial charge in [-0.05, 0) is 36.5 Å². The van der Waals surface area contributed by atoms with E-state index >= 15 is 0 Å². The molecule has 1 saturated heterocycles. The van der Waals surface area contributed by atoms with Crippen molar-refractivity contribution in [1.29, 1.82) is 0 Å². The molecule has 0 bridgehead atoms. The van der Waals surface area contributed by atoms with Crippen LogP contribution < -0.4 is 5.32 Å². The van der Waals surface area contributed by atoms with Gasteiger partial charge in [0.25, 0.3) is 0 Å². The van der Waals surface area contributed by atoms with Crippen LogP contribution in [0.3, 0.4) is 0 Å². The Kier molecular flexibility index (Phi) is 4.14. The van der Waals surface area contributed by atoms with Crippen LogP contribution in [-0.4, -0.2) is 33.4 Å². The second kappa shape index (κ2) is 6.59. The Morgan fingerprint density at radius 3 is 2.72 bits per heavy atom. The molecule has 1 N–H and O–H groups in total. The molecule has 25 heavy (non-hydrogen) atoms. The number of carbonyl (C=O) groups excluding carboxylic acids is 1. The zero-order chi connectivity index (χ0) is 17.2. The van der Waals surface area contributed by atoms with E-state index in [1.807, 2.05) is 33.8 Å². The maximum atomic E-state index is 12.3. The summed E-state index contributed by atoms with van der Waals surface area (Å²) >= 11 is 0. The minimum atomic E-state index is 0.0193. The molecule has 1 aliphatic heterocycles. The van der Waals surface area contributed by atoms with Crippen LogP contribution in [0.4, 0.5) is 4.79 Å². The quantitative estimate of drug-likeness (QED) is 0.797. The first-order valence-corrected chi connectivity index (χ1v) is 8.66. The van der Waals surface area contributed by atoms with E-state index in [0.717, 1.165) is 30.6 Å². The van der Waals surface area contributed by atoms with Crippen LogP contribution in [0.5, 0.6) is 0 Å². The molecule has 1 fully saturated rings.